The van der Waals surface area contributed by atoms with E-state index in [0.717, 1.165) is 32.1 Å². The largest absolute Gasteiger partial charge is 0.330 e. The summed E-state index contributed by atoms with van der Waals surface area (Å²) in [6, 6.07) is 0.832. The number of hydrogen-bond donors (Lipinski definition) is 3. The molecule has 2 rings (SSSR count). The summed E-state index contributed by atoms with van der Waals surface area (Å²) in [6.45, 7) is 4.21. The van der Waals surface area contributed by atoms with Gasteiger partial charge in [0.25, 0.3) is 0 Å². The quantitative estimate of drug-likeness (QED) is 0.516. The molecule has 2 aliphatic rings. The average molecular weight is 324 g/mol. The zero-order valence-corrected chi connectivity index (χ0v) is 14.1. The molecule has 2 fully saturated rings. The van der Waals surface area contributed by atoms with Gasteiger partial charge in [-0.25, -0.2) is 0 Å². The minimum atomic E-state index is -0.423. The fraction of sp³-hybridized carbons (Fsp3) is 0.812. The van der Waals surface area contributed by atoms with Crippen molar-refractivity contribution in [2.45, 2.75) is 64.1 Å². The first-order chi connectivity index (χ1) is 11.0. The smallest absolute Gasteiger partial charge is 0.246 e. The molecule has 0 aromatic rings. The number of imide groups is 1. The van der Waals surface area contributed by atoms with Crippen LogP contribution in [0.2, 0.25) is 0 Å². The molecule has 0 aromatic heterocycles. The van der Waals surface area contributed by atoms with Crippen molar-refractivity contribution in [1.82, 2.24) is 20.9 Å². The van der Waals surface area contributed by atoms with Crippen molar-refractivity contribution in [3.63, 3.8) is 0 Å². The minimum Gasteiger partial charge on any atom is -0.330 e. The van der Waals surface area contributed by atoms with Gasteiger partial charge in [-0.1, -0.05) is 6.92 Å². The average Bonchev–Trinajstić information content (AvgIpc) is 3.41. The maximum absolute atomic E-state index is 12.3. The van der Waals surface area contributed by atoms with Crippen molar-refractivity contribution >= 4 is 17.7 Å². The van der Waals surface area contributed by atoms with Crippen LogP contribution < -0.4 is 16.0 Å². The summed E-state index contributed by atoms with van der Waals surface area (Å²) in [6.07, 6.45) is 5.16. The van der Waals surface area contributed by atoms with Crippen molar-refractivity contribution in [2.75, 3.05) is 19.6 Å². The summed E-state index contributed by atoms with van der Waals surface area (Å²) in [7, 11) is 0. The molecule has 0 spiro atoms. The molecule has 3 N–H and O–H groups in total. The fourth-order valence-corrected chi connectivity index (χ4v) is 2.25. The summed E-state index contributed by atoms with van der Waals surface area (Å²) in [5.41, 5.74) is 0. The second-order valence-electron chi connectivity index (χ2n) is 6.56. The zero-order valence-electron chi connectivity index (χ0n) is 14.1. The normalized spacial score (nSPS) is 18.3. The van der Waals surface area contributed by atoms with Crippen LogP contribution in [0, 0.1) is 0 Å². The maximum Gasteiger partial charge on any atom is 0.246 e. The molecule has 0 aliphatic heterocycles. The van der Waals surface area contributed by atoms with Crippen LogP contribution in [0.1, 0.15) is 46.0 Å². The third-order valence-corrected chi connectivity index (χ3v) is 4.28. The van der Waals surface area contributed by atoms with E-state index >= 15 is 0 Å². The highest BCUT2D eigenvalue weighted by molar-refractivity contribution is 5.98. The summed E-state index contributed by atoms with van der Waals surface area (Å²) in [5, 5.41) is 8.58. The van der Waals surface area contributed by atoms with Gasteiger partial charge in [0.05, 0.1) is 13.1 Å². The Morgan fingerprint density at radius 1 is 1.00 bits per heavy atom. The number of nitrogens with zero attached hydrogens (tertiary/aromatic N) is 1. The Morgan fingerprint density at radius 2 is 1.57 bits per heavy atom. The van der Waals surface area contributed by atoms with Crippen molar-refractivity contribution in [2.24, 2.45) is 0 Å². The molecule has 2 saturated carbocycles. The van der Waals surface area contributed by atoms with Crippen LogP contribution in [0.3, 0.4) is 0 Å². The lowest BCUT2D eigenvalue weighted by Gasteiger charge is -2.28. The highest BCUT2D eigenvalue weighted by atomic mass is 16.2. The highest BCUT2D eigenvalue weighted by Crippen LogP contribution is 2.18. The van der Waals surface area contributed by atoms with Crippen LogP contribution in [-0.2, 0) is 14.4 Å². The van der Waals surface area contributed by atoms with Crippen LogP contribution in [0.4, 0.5) is 0 Å². The van der Waals surface area contributed by atoms with Gasteiger partial charge < -0.3 is 15.5 Å². The van der Waals surface area contributed by atoms with Gasteiger partial charge in [-0.15, -0.1) is 0 Å². The summed E-state index contributed by atoms with van der Waals surface area (Å²) in [5.74, 6) is -0.854. The summed E-state index contributed by atoms with van der Waals surface area (Å²) in [4.78, 5) is 37.6. The monoisotopic (exact) mass is 324 g/mol. The standard InChI is InChI=1S/C16H28N4O3/c1-3-11(2)20(16(23)9-18-13-6-7-13)10-15(22)19-14(21)8-17-12-4-5-12/h11-13,17-18H,3-10H2,1-2H3,(H,19,21,22)/t11-/m0/s1. The molecule has 2 aliphatic carbocycles. The second-order valence-corrected chi connectivity index (χ2v) is 6.56. The van der Waals surface area contributed by atoms with Crippen molar-refractivity contribution in [3.05, 3.63) is 0 Å². The molecule has 0 radical (unpaired) electrons. The lowest BCUT2D eigenvalue weighted by atomic mass is 10.2. The Hall–Kier alpha value is -1.47. The Bertz CT molecular complexity index is 447. The topological polar surface area (TPSA) is 90.5 Å². The fourth-order valence-electron chi connectivity index (χ4n) is 2.25. The van der Waals surface area contributed by atoms with Crippen molar-refractivity contribution in [3.8, 4) is 0 Å². The minimum absolute atomic E-state index is 0.0334. The SMILES string of the molecule is CC[C@H](C)N(CC(=O)NC(=O)CNC1CC1)C(=O)CNC1CC1. The zero-order chi connectivity index (χ0) is 16.8. The first-order valence-corrected chi connectivity index (χ1v) is 8.58. The van der Waals surface area contributed by atoms with Crippen molar-refractivity contribution in [1.29, 1.82) is 0 Å². The van der Waals surface area contributed by atoms with Crippen LogP contribution in [0.5, 0.6) is 0 Å². The van der Waals surface area contributed by atoms with Crippen LogP contribution in [0.15, 0.2) is 0 Å². The lowest BCUT2D eigenvalue weighted by molar-refractivity contribution is -0.139. The summed E-state index contributed by atoms with van der Waals surface area (Å²) >= 11 is 0. The molecule has 0 saturated heterocycles. The lowest BCUT2D eigenvalue weighted by Crippen LogP contribution is -2.50. The molecule has 0 unspecified atom stereocenters. The molecule has 3 amide bonds. The van der Waals surface area contributed by atoms with Gasteiger partial charge in [0.1, 0.15) is 6.54 Å². The molecule has 1 atom stereocenters. The van der Waals surface area contributed by atoms with E-state index < -0.39 is 5.91 Å². The first-order valence-electron chi connectivity index (χ1n) is 8.58. The first kappa shape index (κ1) is 17.9. The number of amides is 3. The molecule has 130 valence electrons. The molecule has 23 heavy (non-hydrogen) atoms. The van der Waals surface area contributed by atoms with E-state index in [1.54, 1.807) is 4.90 Å². The molecule has 0 heterocycles. The van der Waals surface area contributed by atoms with E-state index in [4.69, 9.17) is 0 Å². The molecule has 7 heteroatoms. The predicted octanol–water partition coefficient (Wildman–Crippen LogP) is -0.240. The predicted molar refractivity (Wildman–Crippen MR) is 86.7 cm³/mol. The molecule has 7 nitrogen and oxygen atoms in total. The van der Waals surface area contributed by atoms with Gasteiger partial charge in [0.2, 0.25) is 17.7 Å². The van der Waals surface area contributed by atoms with E-state index in [-0.39, 0.29) is 37.5 Å². The van der Waals surface area contributed by atoms with Gasteiger partial charge in [0, 0.05) is 18.1 Å². The molecular formula is C16H28N4O3. The maximum atomic E-state index is 12.3. The van der Waals surface area contributed by atoms with Crippen LogP contribution in [-0.4, -0.2) is 60.4 Å². The Kier molecular flexibility index (Phi) is 6.53. The third kappa shape index (κ3) is 6.66. The van der Waals surface area contributed by atoms with E-state index in [0.29, 0.717) is 12.1 Å². The van der Waals surface area contributed by atoms with E-state index in [1.807, 2.05) is 13.8 Å². The highest BCUT2D eigenvalue weighted by Gasteiger charge is 2.26. The number of hydrogen-bond acceptors (Lipinski definition) is 5. The van der Waals surface area contributed by atoms with Gasteiger partial charge in [-0.05, 0) is 39.0 Å². The molecule has 0 aromatic carbocycles. The number of carbonyl (C=O) groups excluding carboxylic acids is 3. The van der Waals surface area contributed by atoms with Gasteiger partial charge in [-0.3, -0.25) is 19.7 Å². The van der Waals surface area contributed by atoms with Crippen LogP contribution in [0.25, 0.3) is 0 Å². The molecular weight excluding hydrogens is 296 g/mol. The Morgan fingerprint density at radius 3 is 2.09 bits per heavy atom. The van der Waals surface area contributed by atoms with Gasteiger partial charge >= 0.3 is 0 Å². The second kappa shape index (κ2) is 8.40. The Labute approximate surface area is 137 Å². The summed E-state index contributed by atoms with van der Waals surface area (Å²) < 4.78 is 0. The van der Waals surface area contributed by atoms with Gasteiger partial charge in [-0.2, -0.15) is 0 Å². The van der Waals surface area contributed by atoms with Crippen molar-refractivity contribution < 1.29 is 14.4 Å². The molecule has 0 bridgehead atoms. The number of carbonyl (C=O) groups is 3. The third-order valence-electron chi connectivity index (χ3n) is 4.28. The van der Waals surface area contributed by atoms with E-state index in [2.05, 4.69) is 16.0 Å². The number of nitrogens with one attached hydrogen (secondary N) is 3. The Balaban J connectivity index is 1.76. The van der Waals surface area contributed by atoms with Crippen LogP contribution >= 0.6 is 0 Å². The van der Waals surface area contributed by atoms with E-state index in [9.17, 15) is 14.4 Å². The van der Waals surface area contributed by atoms with Gasteiger partial charge in [0.15, 0.2) is 0 Å². The number of rotatable bonds is 10. The van der Waals surface area contributed by atoms with E-state index in [1.165, 1.54) is 0 Å².